The minimum Gasteiger partial charge on any atom is -0.490 e. The number of ether oxygens (including phenoxy) is 3. The zero-order valence-corrected chi connectivity index (χ0v) is 18.1. The van der Waals surface area contributed by atoms with Gasteiger partial charge in [-0.05, 0) is 36.8 Å². The van der Waals surface area contributed by atoms with Gasteiger partial charge in [0.1, 0.15) is 11.5 Å². The molecule has 2 aromatic carbocycles. The fourth-order valence-electron chi connectivity index (χ4n) is 2.94. The number of hydrogen-bond donors (Lipinski definition) is 1. The second-order valence-electron chi connectivity index (χ2n) is 6.60. The Kier molecular flexibility index (Phi) is 7.32. The normalized spacial score (nSPS) is 14.5. The largest absolute Gasteiger partial charge is 0.490 e. The topological polar surface area (TPSA) is 94.2 Å². The summed E-state index contributed by atoms with van der Waals surface area (Å²) in [5.41, 5.74) is 0.652. The molecule has 0 atom stereocenters. The van der Waals surface area contributed by atoms with Crippen LogP contribution in [0.25, 0.3) is 6.08 Å². The van der Waals surface area contributed by atoms with E-state index in [4.69, 9.17) is 21.1 Å². The molecule has 3 rings (SSSR count). The molecule has 0 aromatic heterocycles. The molecule has 0 aliphatic carbocycles. The van der Waals surface area contributed by atoms with Crippen molar-refractivity contribution in [1.82, 2.24) is 10.2 Å². The average Bonchev–Trinajstić information content (AvgIpc) is 3.02. The van der Waals surface area contributed by atoms with Crippen molar-refractivity contribution in [3.05, 3.63) is 64.1 Å². The number of hydrogen-bond acceptors (Lipinski definition) is 6. The molecule has 10 heteroatoms. The highest BCUT2D eigenvalue weighted by atomic mass is 35.5. The number of amides is 3. The van der Waals surface area contributed by atoms with Crippen molar-refractivity contribution in [2.75, 3.05) is 20.3 Å². The smallest absolute Gasteiger partial charge is 0.343 e. The highest BCUT2D eigenvalue weighted by Crippen LogP contribution is 2.37. The van der Waals surface area contributed by atoms with Crippen molar-refractivity contribution in [3.8, 4) is 11.5 Å². The molecule has 1 heterocycles. The van der Waals surface area contributed by atoms with Crippen LogP contribution >= 0.6 is 11.6 Å². The summed E-state index contributed by atoms with van der Waals surface area (Å²) in [5, 5.41) is 2.61. The highest BCUT2D eigenvalue weighted by Gasteiger charge is 2.34. The first-order valence-corrected chi connectivity index (χ1v) is 9.95. The number of benzene rings is 2. The van der Waals surface area contributed by atoms with Crippen molar-refractivity contribution in [1.29, 1.82) is 0 Å². The molecule has 0 bridgehead atoms. The monoisotopic (exact) mass is 462 g/mol. The van der Waals surface area contributed by atoms with Crippen LogP contribution in [0.4, 0.5) is 9.18 Å². The first kappa shape index (κ1) is 23.1. The number of rotatable bonds is 8. The van der Waals surface area contributed by atoms with Gasteiger partial charge in [0.15, 0.2) is 18.1 Å². The first-order chi connectivity index (χ1) is 15.3. The molecule has 1 aliphatic rings. The summed E-state index contributed by atoms with van der Waals surface area (Å²) in [6.07, 6.45) is 1.42. The summed E-state index contributed by atoms with van der Waals surface area (Å²) in [4.78, 5) is 37.3. The van der Waals surface area contributed by atoms with Crippen LogP contribution in [0.1, 0.15) is 18.1 Å². The predicted octanol–water partition coefficient (Wildman–Crippen LogP) is 3.52. The Morgan fingerprint density at radius 1 is 1.22 bits per heavy atom. The third kappa shape index (κ3) is 5.17. The SMILES string of the molecule is CCOc1cc(C=C2NC(=O)N(Cc3ccccc3F)C2=O)cc(Cl)c1OCC(=O)OC. The number of carbonyl (C=O) groups is 3. The van der Waals surface area contributed by atoms with Crippen LogP contribution in [-0.2, 0) is 20.9 Å². The van der Waals surface area contributed by atoms with E-state index in [1.165, 1.54) is 37.5 Å². The lowest BCUT2D eigenvalue weighted by atomic mass is 10.1. The fourth-order valence-corrected chi connectivity index (χ4v) is 3.22. The molecular weight excluding hydrogens is 443 g/mol. The van der Waals surface area contributed by atoms with Gasteiger partial charge in [-0.2, -0.15) is 0 Å². The molecule has 0 radical (unpaired) electrons. The van der Waals surface area contributed by atoms with E-state index in [1.807, 2.05) is 0 Å². The molecule has 0 unspecified atom stereocenters. The van der Waals surface area contributed by atoms with E-state index in [9.17, 15) is 18.8 Å². The van der Waals surface area contributed by atoms with Crippen molar-refractivity contribution < 1.29 is 33.0 Å². The van der Waals surface area contributed by atoms with Crippen molar-refractivity contribution in [2.24, 2.45) is 0 Å². The zero-order valence-electron chi connectivity index (χ0n) is 17.3. The van der Waals surface area contributed by atoms with E-state index in [-0.39, 0.29) is 47.5 Å². The average molecular weight is 463 g/mol. The molecule has 0 saturated carbocycles. The standard InChI is InChI=1S/C22H20ClFN2O6/c1-3-31-18-10-13(8-15(23)20(18)32-12-19(27)30-2)9-17-21(28)26(22(29)25-17)11-14-6-4-5-7-16(14)24/h4-10H,3,11-12H2,1-2H3,(H,25,29). The van der Waals surface area contributed by atoms with Gasteiger partial charge >= 0.3 is 12.0 Å². The lowest BCUT2D eigenvalue weighted by Gasteiger charge is -2.14. The number of nitrogens with one attached hydrogen (secondary N) is 1. The molecule has 0 spiro atoms. The van der Waals surface area contributed by atoms with E-state index in [1.54, 1.807) is 19.1 Å². The maximum absolute atomic E-state index is 13.9. The van der Waals surface area contributed by atoms with Crippen molar-refractivity contribution >= 4 is 35.6 Å². The summed E-state index contributed by atoms with van der Waals surface area (Å²) in [6, 6.07) is 8.27. The third-order valence-electron chi connectivity index (χ3n) is 4.45. The summed E-state index contributed by atoms with van der Waals surface area (Å²) in [6.45, 7) is 1.47. The molecule has 8 nitrogen and oxygen atoms in total. The van der Waals surface area contributed by atoms with E-state index >= 15 is 0 Å². The molecule has 32 heavy (non-hydrogen) atoms. The Balaban J connectivity index is 1.85. The van der Waals surface area contributed by atoms with Crippen LogP contribution in [0.2, 0.25) is 5.02 Å². The number of methoxy groups -OCH3 is 1. The van der Waals surface area contributed by atoms with E-state index < -0.39 is 23.7 Å². The number of nitrogens with zero attached hydrogens (tertiary/aromatic N) is 1. The Bertz CT molecular complexity index is 1090. The number of halogens is 2. The first-order valence-electron chi connectivity index (χ1n) is 9.58. The molecule has 1 fully saturated rings. The molecular formula is C22H20ClFN2O6. The second kappa shape index (κ2) is 10.1. The van der Waals surface area contributed by atoms with Gasteiger partial charge in [-0.25, -0.2) is 14.0 Å². The lowest BCUT2D eigenvalue weighted by molar-refractivity contribution is -0.142. The quantitative estimate of drug-likeness (QED) is 0.366. The minimum atomic E-state index is -0.668. The molecule has 168 valence electrons. The fraction of sp³-hybridized carbons (Fsp3) is 0.227. The van der Waals surface area contributed by atoms with Gasteiger partial charge in [-0.1, -0.05) is 29.8 Å². The molecule has 1 aliphatic heterocycles. The zero-order chi connectivity index (χ0) is 23.3. The molecule has 1 N–H and O–H groups in total. The number of imide groups is 1. The van der Waals surface area contributed by atoms with Crippen molar-refractivity contribution in [2.45, 2.75) is 13.5 Å². The number of carbonyl (C=O) groups excluding carboxylic acids is 3. The predicted molar refractivity (Wildman–Crippen MR) is 114 cm³/mol. The van der Waals surface area contributed by atoms with E-state index in [0.717, 1.165) is 4.90 Å². The molecule has 1 saturated heterocycles. The van der Waals surface area contributed by atoms with Crippen molar-refractivity contribution in [3.63, 3.8) is 0 Å². The lowest BCUT2D eigenvalue weighted by Crippen LogP contribution is -2.30. The van der Waals surface area contributed by atoms with Crippen LogP contribution in [0.15, 0.2) is 42.1 Å². The Hall–Kier alpha value is -3.59. The van der Waals surface area contributed by atoms with Crippen LogP contribution in [0.5, 0.6) is 11.5 Å². The van der Waals surface area contributed by atoms with Gasteiger partial charge in [0, 0.05) is 5.56 Å². The summed E-state index contributed by atoms with van der Waals surface area (Å²) < 4.78 is 29.4. The maximum atomic E-state index is 13.9. The summed E-state index contributed by atoms with van der Waals surface area (Å²) >= 11 is 6.29. The summed E-state index contributed by atoms with van der Waals surface area (Å²) in [7, 11) is 1.23. The Morgan fingerprint density at radius 3 is 2.66 bits per heavy atom. The molecule has 2 aromatic rings. The Labute approximate surface area is 188 Å². The van der Waals surface area contributed by atoms with E-state index in [0.29, 0.717) is 5.56 Å². The number of esters is 1. The summed E-state index contributed by atoms with van der Waals surface area (Å²) in [5.74, 6) is -1.33. The van der Waals surface area contributed by atoms with Gasteiger partial charge in [0.25, 0.3) is 5.91 Å². The Morgan fingerprint density at radius 2 is 1.97 bits per heavy atom. The highest BCUT2D eigenvalue weighted by molar-refractivity contribution is 6.32. The van der Waals surface area contributed by atoms with Crippen LogP contribution < -0.4 is 14.8 Å². The van der Waals surface area contributed by atoms with Gasteiger partial charge in [-0.15, -0.1) is 0 Å². The van der Waals surface area contributed by atoms with Gasteiger partial charge in [0.2, 0.25) is 0 Å². The molecule has 3 amide bonds. The third-order valence-corrected chi connectivity index (χ3v) is 4.73. The van der Waals surface area contributed by atoms with Crippen LogP contribution in [0.3, 0.4) is 0 Å². The number of urea groups is 1. The van der Waals surface area contributed by atoms with E-state index in [2.05, 4.69) is 10.1 Å². The van der Waals surface area contributed by atoms with Crippen LogP contribution in [-0.4, -0.2) is 43.1 Å². The minimum absolute atomic E-state index is 0.00640. The second-order valence-corrected chi connectivity index (χ2v) is 7.01. The van der Waals surface area contributed by atoms with Crippen LogP contribution in [0, 0.1) is 5.82 Å². The van der Waals surface area contributed by atoms with Gasteiger partial charge in [0.05, 0.1) is 25.3 Å². The maximum Gasteiger partial charge on any atom is 0.343 e. The van der Waals surface area contributed by atoms with Gasteiger partial charge < -0.3 is 19.5 Å². The van der Waals surface area contributed by atoms with Gasteiger partial charge in [-0.3, -0.25) is 9.69 Å².